The fraction of sp³-hybridized carbons (Fsp3) is 0.0444. The molecule has 13 aromatic carbocycles. The summed E-state index contributed by atoms with van der Waals surface area (Å²) in [5, 5.41) is 0. The summed E-state index contributed by atoms with van der Waals surface area (Å²) in [7, 11) is 0. The largest absolute Gasteiger partial charge is 0.457 e. The molecular weight excluding hydrogens is 1170 g/mol. The first-order valence-electron chi connectivity index (χ1n) is 33.1. The quantitative estimate of drug-likeness (QED) is 0.165. The summed E-state index contributed by atoms with van der Waals surface area (Å²) in [6, 6.07) is 114. The van der Waals surface area contributed by atoms with Crippen molar-refractivity contribution in [2.24, 2.45) is 0 Å². The number of aromatic nitrogens is 4. The molecule has 0 saturated carbocycles. The van der Waals surface area contributed by atoms with Gasteiger partial charge in [-0.3, -0.25) is 0 Å². The lowest BCUT2D eigenvalue weighted by Crippen LogP contribution is -2.32. The number of para-hydroxylation sites is 4. The summed E-state index contributed by atoms with van der Waals surface area (Å²) in [6.45, 7) is 0. The number of benzene rings is 13. The third kappa shape index (κ3) is 7.35. The smallest absolute Gasteiger partial charge is 0.160 e. The van der Waals surface area contributed by atoms with Crippen LogP contribution in [0.25, 0.3) is 90.1 Å². The molecule has 0 saturated heterocycles. The van der Waals surface area contributed by atoms with Crippen LogP contribution >= 0.6 is 0 Å². The van der Waals surface area contributed by atoms with Gasteiger partial charge in [0.1, 0.15) is 23.0 Å². The topological polar surface area (TPSA) is 70.0 Å². The second-order valence-electron chi connectivity index (χ2n) is 26.1. The van der Waals surface area contributed by atoms with Gasteiger partial charge in [-0.2, -0.15) is 0 Å². The summed E-state index contributed by atoms with van der Waals surface area (Å²) < 4.78 is 13.4. The summed E-state index contributed by atoms with van der Waals surface area (Å²) in [5.41, 5.74) is 30.4. The summed E-state index contributed by atoms with van der Waals surface area (Å²) in [4.78, 5) is 21.9. The van der Waals surface area contributed by atoms with Gasteiger partial charge < -0.3 is 9.47 Å². The molecule has 0 amide bonds. The van der Waals surface area contributed by atoms with Gasteiger partial charge in [-0.25, -0.2) is 19.9 Å². The zero-order chi connectivity index (χ0) is 62.8. The number of fused-ring (bicyclic) bond motifs is 18. The lowest BCUT2D eigenvalue weighted by molar-refractivity contribution is 0.436. The van der Waals surface area contributed by atoms with Crippen molar-refractivity contribution in [2.45, 2.75) is 22.7 Å². The van der Waals surface area contributed by atoms with Crippen LogP contribution in [-0.2, 0) is 10.8 Å². The van der Waals surface area contributed by atoms with Crippen LogP contribution in [0.15, 0.2) is 315 Å². The van der Waals surface area contributed by atoms with Gasteiger partial charge in [0, 0.05) is 67.5 Å². The Morgan fingerprint density at radius 3 is 0.885 bits per heavy atom. The molecule has 6 heteroatoms. The maximum Gasteiger partial charge on any atom is 0.160 e. The lowest BCUT2D eigenvalue weighted by Gasteiger charge is -2.42. The average Bonchev–Trinajstić information content (AvgIpc) is 1.43. The molecule has 2 aliphatic heterocycles. The minimum absolute atomic E-state index is 0.0102. The van der Waals surface area contributed by atoms with Gasteiger partial charge in [-0.1, -0.05) is 255 Å². The van der Waals surface area contributed by atoms with Gasteiger partial charge in [-0.15, -0.1) is 0 Å². The van der Waals surface area contributed by atoms with Gasteiger partial charge in [0.15, 0.2) is 11.6 Å². The number of hydrogen-bond donors (Lipinski definition) is 0. The van der Waals surface area contributed by atoms with Gasteiger partial charge >= 0.3 is 0 Å². The average molecular weight is 1220 g/mol. The molecule has 0 N–H and O–H groups in total. The van der Waals surface area contributed by atoms with E-state index >= 15 is 0 Å². The molecule has 96 heavy (non-hydrogen) atoms. The van der Waals surface area contributed by atoms with E-state index in [4.69, 9.17) is 29.4 Å². The molecule has 0 fully saturated rings. The first kappa shape index (κ1) is 53.2. The minimum atomic E-state index is -0.617. The predicted octanol–water partition coefficient (Wildman–Crippen LogP) is 21.2. The zero-order valence-corrected chi connectivity index (χ0v) is 51.8. The van der Waals surface area contributed by atoms with Crippen molar-refractivity contribution in [3.05, 3.63) is 393 Å². The highest BCUT2D eigenvalue weighted by Gasteiger charge is 2.53. The SMILES string of the molecule is c1ccc(-c2nc(-c3ccc4c(c3)C3c5ccccc5C4c4cc(-c5cc(-c6ccc7c(c6)C6(c8ccccc8Oc8ccccc86)c6ccccc6-7)nc(-c6ccccc6)n5)ccc43)cc(-c3ccc4c(c3)C3(c5ccccc5Oc5ccccc53)c3ccccc3-4)n2)cc1. The van der Waals surface area contributed by atoms with Crippen LogP contribution in [0.4, 0.5) is 0 Å². The molecule has 2 spiro atoms. The van der Waals surface area contributed by atoms with Crippen LogP contribution < -0.4 is 9.47 Å². The van der Waals surface area contributed by atoms with Crippen LogP contribution in [0, 0.1) is 0 Å². The molecule has 15 aromatic rings. The normalized spacial score (nSPS) is 15.6. The van der Waals surface area contributed by atoms with Gasteiger partial charge in [-0.05, 0) is 139 Å². The highest BCUT2D eigenvalue weighted by Crippen LogP contribution is 2.65. The third-order valence-corrected chi connectivity index (χ3v) is 21.4. The third-order valence-electron chi connectivity index (χ3n) is 21.4. The molecule has 6 nitrogen and oxygen atoms in total. The standard InChI is InChI=1S/C90H54N4O2/c1-3-21-53(22-4-1)87-91-77(51-79(93-87)57-39-43-61-59-25-9-11-29-69(59)89(75(61)49-57)71-31-13-17-35-81(71)95-82-36-18-14-32-72(82)89)55-41-45-65-67(47-55)85-63-27-7-8-28-64(63)86(65)68-48-56(42-46-66(68)85)78-52-80(94-88(92-78)54-23-5-2-6-24-54)58-40-44-62-60-26-10-12-30-70(60)90(76(62)50-58)73-33-15-19-37-83(73)96-84-38-20-16-34-74(84)90/h1-52,85-86H. The molecule has 5 aliphatic carbocycles. The van der Waals surface area contributed by atoms with E-state index in [1.54, 1.807) is 0 Å². The highest BCUT2D eigenvalue weighted by atomic mass is 16.5. The van der Waals surface area contributed by atoms with E-state index in [1.165, 1.54) is 77.9 Å². The van der Waals surface area contributed by atoms with Crippen LogP contribution in [-0.4, -0.2) is 19.9 Å². The molecule has 2 unspecified atom stereocenters. The van der Waals surface area contributed by atoms with Crippen molar-refractivity contribution in [3.8, 4) is 113 Å². The van der Waals surface area contributed by atoms with Crippen molar-refractivity contribution in [3.63, 3.8) is 0 Å². The highest BCUT2D eigenvalue weighted by molar-refractivity contribution is 5.93. The Balaban J connectivity index is 0.694. The Labute approximate surface area is 555 Å². The second-order valence-corrected chi connectivity index (χ2v) is 26.1. The van der Waals surface area contributed by atoms with Crippen molar-refractivity contribution < 1.29 is 9.47 Å². The first-order valence-corrected chi connectivity index (χ1v) is 33.1. The van der Waals surface area contributed by atoms with Gasteiger partial charge in [0.05, 0.1) is 33.6 Å². The van der Waals surface area contributed by atoms with E-state index in [0.29, 0.717) is 11.6 Å². The molecular formula is C90H54N4O2. The monoisotopic (exact) mass is 1220 g/mol. The van der Waals surface area contributed by atoms with Crippen molar-refractivity contribution in [1.82, 2.24) is 19.9 Å². The molecule has 2 aromatic heterocycles. The van der Waals surface area contributed by atoms with Crippen LogP contribution in [0.2, 0.25) is 0 Å². The predicted molar refractivity (Wildman–Crippen MR) is 380 cm³/mol. The van der Waals surface area contributed by atoms with Crippen molar-refractivity contribution in [2.75, 3.05) is 0 Å². The van der Waals surface area contributed by atoms with Crippen LogP contribution in [0.5, 0.6) is 23.0 Å². The molecule has 2 atom stereocenters. The molecule has 0 radical (unpaired) electrons. The van der Waals surface area contributed by atoms with E-state index in [1.807, 2.05) is 0 Å². The summed E-state index contributed by atoms with van der Waals surface area (Å²) in [5.74, 6) is 4.80. The maximum atomic E-state index is 6.71. The summed E-state index contributed by atoms with van der Waals surface area (Å²) in [6.07, 6.45) is 0. The lowest BCUT2D eigenvalue weighted by atomic mass is 9.60. The minimum Gasteiger partial charge on any atom is -0.457 e. The molecule has 446 valence electrons. The second kappa shape index (κ2) is 20.1. The van der Waals surface area contributed by atoms with Crippen molar-refractivity contribution in [1.29, 1.82) is 0 Å². The van der Waals surface area contributed by atoms with E-state index in [2.05, 4.69) is 315 Å². The maximum absolute atomic E-state index is 6.71. The van der Waals surface area contributed by atoms with E-state index < -0.39 is 10.8 Å². The summed E-state index contributed by atoms with van der Waals surface area (Å²) >= 11 is 0. The van der Waals surface area contributed by atoms with Crippen LogP contribution in [0.1, 0.15) is 89.7 Å². The van der Waals surface area contributed by atoms with Crippen molar-refractivity contribution >= 4 is 0 Å². The molecule has 22 rings (SSSR count). The fourth-order valence-electron chi connectivity index (χ4n) is 17.5. The number of ether oxygens (including phenoxy) is 2. The number of hydrogen-bond acceptors (Lipinski definition) is 6. The Hall–Kier alpha value is -12.4. The Kier molecular flexibility index (Phi) is 11.1. The van der Waals surface area contributed by atoms with E-state index in [9.17, 15) is 0 Å². The first-order chi connectivity index (χ1) is 47.6. The van der Waals surface area contributed by atoms with E-state index in [0.717, 1.165) is 101 Å². The molecule has 2 bridgehead atoms. The molecule has 7 aliphatic rings. The Bertz CT molecular complexity index is 5390. The Morgan fingerprint density at radius 2 is 0.500 bits per heavy atom. The Morgan fingerprint density at radius 1 is 0.208 bits per heavy atom. The van der Waals surface area contributed by atoms with Gasteiger partial charge in [0.2, 0.25) is 0 Å². The van der Waals surface area contributed by atoms with E-state index in [-0.39, 0.29) is 11.8 Å². The number of rotatable bonds is 6. The zero-order valence-electron chi connectivity index (χ0n) is 51.8. The van der Waals surface area contributed by atoms with Gasteiger partial charge in [0.25, 0.3) is 0 Å². The van der Waals surface area contributed by atoms with Crippen LogP contribution in [0.3, 0.4) is 0 Å². The fourth-order valence-corrected chi connectivity index (χ4v) is 17.5. The molecule has 4 heterocycles. The number of nitrogens with zero attached hydrogens (tertiary/aromatic N) is 4.